The number of nitrogens with zero attached hydrogens (tertiary/aromatic N) is 1. The van der Waals surface area contributed by atoms with Crippen LogP contribution in [0.25, 0.3) is 0 Å². The van der Waals surface area contributed by atoms with E-state index in [1.54, 1.807) is 18.2 Å². The molecule has 0 aliphatic rings. The van der Waals surface area contributed by atoms with Crippen LogP contribution in [-0.2, 0) is 0 Å². The third-order valence-electron chi connectivity index (χ3n) is 2.51. The van der Waals surface area contributed by atoms with Crippen molar-refractivity contribution >= 4 is 27.5 Å². The van der Waals surface area contributed by atoms with Gasteiger partial charge in [0.15, 0.2) is 0 Å². The van der Waals surface area contributed by atoms with Gasteiger partial charge in [-0.25, -0.2) is 0 Å². The van der Waals surface area contributed by atoms with Crippen molar-refractivity contribution in [1.29, 1.82) is 5.41 Å². The maximum Gasteiger partial charge on any atom is 0.269 e. The van der Waals surface area contributed by atoms with Crippen molar-refractivity contribution in [2.24, 2.45) is 5.73 Å². The number of hydrogen-bond acceptors (Lipinski definition) is 4. The Morgan fingerprint density at radius 3 is 2.45 bits per heavy atom. The Kier molecular flexibility index (Phi) is 3.99. The Hall–Kier alpha value is -2.41. The second kappa shape index (κ2) is 5.70. The number of nitro benzene ring substituents is 1. The summed E-state index contributed by atoms with van der Waals surface area (Å²) in [5.74, 6) is 0.714. The van der Waals surface area contributed by atoms with Crippen molar-refractivity contribution < 1.29 is 9.66 Å². The summed E-state index contributed by atoms with van der Waals surface area (Å²) in [5.41, 5.74) is 5.92. The Labute approximate surface area is 123 Å². The van der Waals surface area contributed by atoms with Gasteiger partial charge >= 0.3 is 0 Å². The van der Waals surface area contributed by atoms with Crippen molar-refractivity contribution in [2.45, 2.75) is 0 Å². The van der Waals surface area contributed by atoms with Gasteiger partial charge < -0.3 is 10.5 Å². The molecule has 0 unspecified atom stereocenters. The summed E-state index contributed by atoms with van der Waals surface area (Å²) in [6.45, 7) is 0. The molecule has 0 bridgehead atoms. The molecule has 0 radical (unpaired) electrons. The fourth-order valence-corrected chi connectivity index (χ4v) is 1.91. The molecule has 20 heavy (non-hydrogen) atoms. The third-order valence-corrected chi connectivity index (χ3v) is 3.00. The molecule has 2 aromatic carbocycles. The molecule has 0 amide bonds. The molecule has 0 aliphatic heterocycles. The van der Waals surface area contributed by atoms with Crippen LogP contribution in [0, 0.1) is 15.5 Å². The minimum atomic E-state index is -0.482. The number of amidine groups is 1. The van der Waals surface area contributed by atoms with Gasteiger partial charge in [0.25, 0.3) is 5.69 Å². The van der Waals surface area contributed by atoms with Crippen LogP contribution in [0.15, 0.2) is 46.9 Å². The molecule has 0 atom stereocenters. The first kappa shape index (κ1) is 14.0. The van der Waals surface area contributed by atoms with E-state index in [-0.39, 0.29) is 11.5 Å². The first-order valence-corrected chi connectivity index (χ1v) is 6.33. The topological polar surface area (TPSA) is 102 Å². The first-order chi connectivity index (χ1) is 9.47. The van der Waals surface area contributed by atoms with Crippen LogP contribution < -0.4 is 10.5 Å². The fraction of sp³-hybridized carbons (Fsp3) is 0. The third kappa shape index (κ3) is 3.12. The van der Waals surface area contributed by atoms with Crippen molar-refractivity contribution in [1.82, 2.24) is 0 Å². The van der Waals surface area contributed by atoms with Crippen LogP contribution in [0.3, 0.4) is 0 Å². The lowest BCUT2D eigenvalue weighted by Gasteiger charge is -2.10. The molecular formula is C13H10BrN3O3. The van der Waals surface area contributed by atoms with Gasteiger partial charge in [-0.2, -0.15) is 0 Å². The standard InChI is InChI=1S/C13H10BrN3O3/c14-8-1-6-11(13(15)16)12(7-8)20-10-4-2-9(3-5-10)17(18)19/h1-7H,(H3,15,16). The molecule has 0 saturated heterocycles. The minimum Gasteiger partial charge on any atom is -0.457 e. The van der Waals surface area contributed by atoms with Gasteiger partial charge in [-0.1, -0.05) is 15.9 Å². The van der Waals surface area contributed by atoms with Crippen LogP contribution in [0.4, 0.5) is 5.69 Å². The van der Waals surface area contributed by atoms with E-state index in [2.05, 4.69) is 15.9 Å². The lowest BCUT2D eigenvalue weighted by molar-refractivity contribution is -0.384. The number of nitrogens with one attached hydrogen (secondary N) is 1. The highest BCUT2D eigenvalue weighted by Gasteiger charge is 2.10. The van der Waals surface area contributed by atoms with Crippen molar-refractivity contribution in [3.05, 3.63) is 62.6 Å². The van der Waals surface area contributed by atoms with Crippen LogP contribution in [0.1, 0.15) is 5.56 Å². The molecule has 102 valence electrons. The van der Waals surface area contributed by atoms with Gasteiger partial charge in [0.2, 0.25) is 0 Å². The Morgan fingerprint density at radius 2 is 1.90 bits per heavy atom. The quantitative estimate of drug-likeness (QED) is 0.386. The summed E-state index contributed by atoms with van der Waals surface area (Å²) in [6.07, 6.45) is 0. The molecule has 7 heteroatoms. The van der Waals surface area contributed by atoms with E-state index in [1.165, 1.54) is 24.3 Å². The number of benzene rings is 2. The SMILES string of the molecule is N=C(N)c1ccc(Br)cc1Oc1ccc([N+](=O)[O-])cc1. The Balaban J connectivity index is 2.31. The highest BCUT2D eigenvalue weighted by molar-refractivity contribution is 9.10. The maximum absolute atomic E-state index is 10.6. The van der Waals surface area contributed by atoms with E-state index < -0.39 is 4.92 Å². The normalized spacial score (nSPS) is 10.1. The van der Waals surface area contributed by atoms with Crippen LogP contribution >= 0.6 is 15.9 Å². The first-order valence-electron chi connectivity index (χ1n) is 5.53. The molecule has 0 fully saturated rings. The van der Waals surface area contributed by atoms with Crippen molar-refractivity contribution in [3.63, 3.8) is 0 Å². The molecule has 2 rings (SSSR count). The maximum atomic E-state index is 10.6. The number of ether oxygens (including phenoxy) is 1. The van der Waals surface area contributed by atoms with E-state index in [1.807, 2.05) is 0 Å². The summed E-state index contributed by atoms with van der Waals surface area (Å²) in [4.78, 5) is 10.1. The van der Waals surface area contributed by atoms with Crippen molar-refractivity contribution in [3.8, 4) is 11.5 Å². The van der Waals surface area contributed by atoms with E-state index in [9.17, 15) is 10.1 Å². The lowest BCUT2D eigenvalue weighted by atomic mass is 10.2. The monoisotopic (exact) mass is 335 g/mol. The number of nitrogens with two attached hydrogens (primary N) is 1. The molecule has 0 saturated carbocycles. The predicted octanol–water partition coefficient (Wildman–Crippen LogP) is 3.43. The number of nitro groups is 1. The zero-order valence-corrected chi connectivity index (χ0v) is 11.8. The van der Waals surface area contributed by atoms with Gasteiger partial charge in [-0.15, -0.1) is 0 Å². The number of nitrogen functional groups attached to an aromatic ring is 1. The van der Waals surface area contributed by atoms with E-state index in [0.29, 0.717) is 17.1 Å². The van der Waals surface area contributed by atoms with Gasteiger partial charge in [-0.3, -0.25) is 15.5 Å². The second-order valence-electron chi connectivity index (χ2n) is 3.91. The molecule has 3 N–H and O–H groups in total. The molecular weight excluding hydrogens is 326 g/mol. The summed E-state index contributed by atoms with van der Waals surface area (Å²) in [7, 11) is 0. The van der Waals surface area contributed by atoms with Crippen molar-refractivity contribution in [2.75, 3.05) is 0 Å². The Morgan fingerprint density at radius 1 is 1.25 bits per heavy atom. The molecule has 6 nitrogen and oxygen atoms in total. The number of hydrogen-bond donors (Lipinski definition) is 2. The zero-order chi connectivity index (χ0) is 14.7. The molecule has 0 heterocycles. The smallest absolute Gasteiger partial charge is 0.269 e. The highest BCUT2D eigenvalue weighted by Crippen LogP contribution is 2.29. The van der Waals surface area contributed by atoms with Gasteiger partial charge in [0, 0.05) is 16.6 Å². The predicted molar refractivity (Wildman–Crippen MR) is 78.3 cm³/mol. The van der Waals surface area contributed by atoms with Crippen LogP contribution in [0.5, 0.6) is 11.5 Å². The summed E-state index contributed by atoms with van der Waals surface area (Å²) < 4.78 is 6.39. The summed E-state index contributed by atoms with van der Waals surface area (Å²) in [6, 6.07) is 10.8. The fourth-order valence-electron chi connectivity index (χ4n) is 1.57. The summed E-state index contributed by atoms with van der Waals surface area (Å²) in [5, 5.41) is 18.1. The van der Waals surface area contributed by atoms with Crippen LogP contribution in [-0.4, -0.2) is 10.8 Å². The number of non-ortho nitro benzene ring substituents is 1. The van der Waals surface area contributed by atoms with E-state index in [4.69, 9.17) is 15.9 Å². The molecule has 0 aromatic heterocycles. The highest BCUT2D eigenvalue weighted by atomic mass is 79.9. The molecule has 2 aromatic rings. The molecule has 0 aliphatic carbocycles. The van der Waals surface area contributed by atoms with Gasteiger partial charge in [-0.05, 0) is 30.3 Å². The zero-order valence-electron chi connectivity index (χ0n) is 10.2. The summed E-state index contributed by atoms with van der Waals surface area (Å²) >= 11 is 3.31. The lowest BCUT2D eigenvalue weighted by Crippen LogP contribution is -2.12. The largest absolute Gasteiger partial charge is 0.457 e. The minimum absolute atomic E-state index is 0.0154. The number of rotatable bonds is 4. The van der Waals surface area contributed by atoms with Gasteiger partial charge in [0.1, 0.15) is 17.3 Å². The van der Waals surface area contributed by atoms with E-state index >= 15 is 0 Å². The molecule has 0 spiro atoms. The average Bonchev–Trinajstić information content (AvgIpc) is 2.39. The van der Waals surface area contributed by atoms with Gasteiger partial charge in [0.05, 0.1) is 10.5 Å². The second-order valence-corrected chi connectivity index (χ2v) is 4.82. The Bertz CT molecular complexity index is 671. The van der Waals surface area contributed by atoms with Crippen LogP contribution in [0.2, 0.25) is 0 Å². The number of halogens is 1. The average molecular weight is 336 g/mol. The van der Waals surface area contributed by atoms with E-state index in [0.717, 1.165) is 4.47 Å².